The highest BCUT2D eigenvalue weighted by Crippen LogP contribution is 2.35. The molecule has 0 atom stereocenters. The smallest absolute Gasteiger partial charge is 0.0462 e. The third kappa shape index (κ3) is 6.49. The van der Waals surface area contributed by atoms with Crippen molar-refractivity contribution in [2.75, 3.05) is 4.90 Å². The quantitative estimate of drug-likeness (QED) is 0.174. The van der Waals surface area contributed by atoms with E-state index in [-0.39, 0.29) is 0 Å². The fraction of sp³-hybridized carbons (Fsp3) is 0.0244. The van der Waals surface area contributed by atoms with Crippen molar-refractivity contribution in [3.8, 4) is 0 Å². The summed E-state index contributed by atoms with van der Waals surface area (Å²) in [6, 6.07) is 57.9. The van der Waals surface area contributed by atoms with Crippen LogP contribution in [0.3, 0.4) is 0 Å². The van der Waals surface area contributed by atoms with Crippen LogP contribution in [-0.2, 0) is 0 Å². The zero-order valence-electron chi connectivity index (χ0n) is 23.8. The fourth-order valence-electron chi connectivity index (χ4n) is 5.08. The molecule has 6 rings (SSSR count). The molecule has 42 heavy (non-hydrogen) atoms. The van der Waals surface area contributed by atoms with Gasteiger partial charge in [0.1, 0.15) is 0 Å². The minimum Gasteiger partial charge on any atom is -0.311 e. The van der Waals surface area contributed by atoms with Crippen molar-refractivity contribution in [3.63, 3.8) is 0 Å². The fourth-order valence-corrected chi connectivity index (χ4v) is 5.08. The number of anilines is 3. The van der Waals surface area contributed by atoms with Crippen molar-refractivity contribution in [2.24, 2.45) is 0 Å². The minimum atomic E-state index is 1.11. The van der Waals surface area contributed by atoms with Gasteiger partial charge >= 0.3 is 0 Å². The van der Waals surface area contributed by atoms with Crippen molar-refractivity contribution in [2.45, 2.75) is 6.92 Å². The van der Waals surface area contributed by atoms with Gasteiger partial charge in [0.15, 0.2) is 0 Å². The Morgan fingerprint density at radius 2 is 0.786 bits per heavy atom. The third-order valence-electron chi connectivity index (χ3n) is 7.34. The number of aryl methyl sites for hydroxylation is 1. The molecule has 0 saturated carbocycles. The molecule has 0 bridgehead atoms. The summed E-state index contributed by atoms with van der Waals surface area (Å²) in [6.07, 6.45) is 6.60. The zero-order chi connectivity index (χ0) is 28.6. The number of benzene rings is 6. The van der Waals surface area contributed by atoms with Gasteiger partial charge < -0.3 is 4.90 Å². The van der Waals surface area contributed by atoms with E-state index >= 15 is 0 Å². The van der Waals surface area contributed by atoms with Crippen molar-refractivity contribution < 1.29 is 0 Å². The van der Waals surface area contributed by atoms with E-state index in [2.05, 4.69) is 194 Å². The van der Waals surface area contributed by atoms with E-state index in [0.717, 1.165) is 22.6 Å². The molecule has 1 heteroatoms. The largest absolute Gasteiger partial charge is 0.311 e. The molecule has 0 fully saturated rings. The second-order valence-electron chi connectivity index (χ2n) is 10.4. The monoisotopic (exact) mass is 539 g/mol. The lowest BCUT2D eigenvalue weighted by molar-refractivity contribution is 1.28. The molecule has 0 spiro atoms. The van der Waals surface area contributed by atoms with Crippen LogP contribution in [0.25, 0.3) is 23.8 Å². The number of rotatable bonds is 8. The molecule has 0 unspecified atom stereocenters. The predicted molar refractivity (Wildman–Crippen MR) is 181 cm³/mol. The molecule has 0 aliphatic carbocycles. The molecular formula is C41H33N. The topological polar surface area (TPSA) is 3.24 Å². The molecule has 6 aromatic carbocycles. The Morgan fingerprint density at radius 1 is 0.405 bits per heavy atom. The molecule has 0 amide bonds. The molecule has 1 nitrogen and oxygen atoms in total. The first-order valence-electron chi connectivity index (χ1n) is 14.4. The summed E-state index contributed by atoms with van der Waals surface area (Å²) in [4.78, 5) is 2.30. The van der Waals surface area contributed by atoms with Gasteiger partial charge in [0.25, 0.3) is 0 Å². The molecule has 202 valence electrons. The first-order chi connectivity index (χ1) is 20.7. The SMILES string of the molecule is Cc1ccc(/C=C/c2ccc(N(c3ccccc3)c3ccc(C=C(c4ccccc4)c4ccccc4)cc3)cc2)cc1. The summed E-state index contributed by atoms with van der Waals surface area (Å²) >= 11 is 0. The Balaban J connectivity index is 1.31. The summed E-state index contributed by atoms with van der Waals surface area (Å²) < 4.78 is 0. The maximum atomic E-state index is 2.30. The Morgan fingerprint density at radius 3 is 1.26 bits per heavy atom. The Bertz CT molecular complexity index is 1720. The molecule has 6 aromatic rings. The third-order valence-corrected chi connectivity index (χ3v) is 7.34. The maximum absolute atomic E-state index is 2.30. The van der Waals surface area contributed by atoms with Crippen LogP contribution in [-0.4, -0.2) is 0 Å². The highest BCUT2D eigenvalue weighted by molar-refractivity contribution is 5.91. The van der Waals surface area contributed by atoms with Crippen LogP contribution < -0.4 is 4.90 Å². The average Bonchev–Trinajstić information content (AvgIpc) is 3.06. The highest BCUT2D eigenvalue weighted by Gasteiger charge is 2.12. The van der Waals surface area contributed by atoms with Crippen LogP contribution in [0.2, 0.25) is 0 Å². The van der Waals surface area contributed by atoms with E-state index < -0.39 is 0 Å². The average molecular weight is 540 g/mol. The van der Waals surface area contributed by atoms with Crippen molar-refractivity contribution in [1.29, 1.82) is 0 Å². The summed E-state index contributed by atoms with van der Waals surface area (Å²) in [5.74, 6) is 0. The van der Waals surface area contributed by atoms with E-state index in [1.54, 1.807) is 0 Å². The van der Waals surface area contributed by atoms with Crippen LogP contribution in [0.5, 0.6) is 0 Å². The number of hydrogen-bond acceptors (Lipinski definition) is 1. The number of nitrogens with zero attached hydrogens (tertiary/aromatic N) is 1. The summed E-state index contributed by atoms with van der Waals surface area (Å²) in [5.41, 5.74) is 11.8. The lowest BCUT2D eigenvalue weighted by Crippen LogP contribution is -2.09. The lowest BCUT2D eigenvalue weighted by Gasteiger charge is -2.25. The van der Waals surface area contributed by atoms with Crippen molar-refractivity contribution in [1.82, 2.24) is 0 Å². The summed E-state index contributed by atoms with van der Waals surface area (Å²) in [7, 11) is 0. The Labute approximate surface area is 249 Å². The zero-order valence-corrected chi connectivity index (χ0v) is 23.8. The van der Waals surface area contributed by atoms with Gasteiger partial charge in [-0.25, -0.2) is 0 Å². The molecule has 0 saturated heterocycles. The summed E-state index contributed by atoms with van der Waals surface area (Å²) in [5, 5.41) is 0. The first kappa shape index (κ1) is 26.8. The minimum absolute atomic E-state index is 1.11. The van der Waals surface area contributed by atoms with Gasteiger partial charge in [-0.15, -0.1) is 0 Å². The molecular weight excluding hydrogens is 506 g/mol. The molecule has 0 aliphatic rings. The first-order valence-corrected chi connectivity index (χ1v) is 14.4. The van der Waals surface area contributed by atoms with Gasteiger partial charge in [-0.1, -0.05) is 145 Å². The normalized spacial score (nSPS) is 10.9. The van der Waals surface area contributed by atoms with Gasteiger partial charge in [0.2, 0.25) is 0 Å². The van der Waals surface area contributed by atoms with E-state index in [1.807, 2.05) is 0 Å². The Kier molecular flexibility index (Phi) is 8.20. The van der Waals surface area contributed by atoms with Crippen LogP contribution in [0, 0.1) is 6.92 Å². The van der Waals surface area contributed by atoms with Crippen molar-refractivity contribution in [3.05, 3.63) is 197 Å². The molecule has 0 aliphatic heterocycles. The van der Waals surface area contributed by atoms with E-state index in [1.165, 1.54) is 33.4 Å². The van der Waals surface area contributed by atoms with Gasteiger partial charge in [-0.3, -0.25) is 0 Å². The summed E-state index contributed by atoms with van der Waals surface area (Å²) in [6.45, 7) is 2.11. The Hall–Kier alpha value is -5.40. The highest BCUT2D eigenvalue weighted by atomic mass is 15.1. The van der Waals surface area contributed by atoms with Gasteiger partial charge in [-0.2, -0.15) is 0 Å². The number of para-hydroxylation sites is 1. The van der Waals surface area contributed by atoms with Crippen LogP contribution in [0.4, 0.5) is 17.1 Å². The predicted octanol–water partition coefficient (Wildman–Crippen LogP) is 11.2. The molecule has 0 heterocycles. The molecule has 0 N–H and O–H groups in total. The van der Waals surface area contributed by atoms with E-state index in [0.29, 0.717) is 0 Å². The van der Waals surface area contributed by atoms with Gasteiger partial charge in [-0.05, 0) is 82.8 Å². The lowest BCUT2D eigenvalue weighted by atomic mass is 9.95. The molecule has 0 radical (unpaired) electrons. The molecule has 0 aromatic heterocycles. The standard InChI is InChI=1S/C41H33N/c1-32-17-19-33(20-18-32)21-22-34-23-27-39(28-24-34)42(38-15-9-4-10-16-38)40-29-25-35(26-30-40)31-41(36-11-5-2-6-12-36)37-13-7-3-8-14-37/h2-31H,1H3/b22-21+. The maximum Gasteiger partial charge on any atom is 0.0462 e. The van der Waals surface area contributed by atoms with E-state index in [9.17, 15) is 0 Å². The second-order valence-corrected chi connectivity index (χ2v) is 10.4. The van der Waals surface area contributed by atoms with Crippen LogP contribution >= 0.6 is 0 Å². The second kappa shape index (κ2) is 12.8. The van der Waals surface area contributed by atoms with Crippen LogP contribution in [0.1, 0.15) is 33.4 Å². The van der Waals surface area contributed by atoms with Crippen molar-refractivity contribution >= 4 is 40.9 Å². The van der Waals surface area contributed by atoms with Gasteiger partial charge in [0, 0.05) is 17.1 Å². The number of hydrogen-bond donors (Lipinski definition) is 0. The van der Waals surface area contributed by atoms with Crippen LogP contribution in [0.15, 0.2) is 164 Å². The van der Waals surface area contributed by atoms with Gasteiger partial charge in [0.05, 0.1) is 0 Å². The van der Waals surface area contributed by atoms with E-state index in [4.69, 9.17) is 0 Å².